The molecule has 0 aliphatic rings. The van der Waals surface area contributed by atoms with Crippen LogP contribution in [-0.4, -0.2) is 13.3 Å². The second-order valence-corrected chi connectivity index (χ2v) is 4.84. The van der Waals surface area contributed by atoms with Crippen molar-refractivity contribution in [3.63, 3.8) is 0 Å². The van der Waals surface area contributed by atoms with Gasteiger partial charge >= 0.3 is 0 Å². The summed E-state index contributed by atoms with van der Waals surface area (Å²) >= 11 is 1.70. The van der Waals surface area contributed by atoms with Crippen molar-refractivity contribution in [2.75, 3.05) is 23.9 Å². The topological polar surface area (TPSA) is 29.3 Å². The summed E-state index contributed by atoms with van der Waals surface area (Å²) in [5, 5.41) is 0. The van der Waals surface area contributed by atoms with Crippen molar-refractivity contribution in [1.82, 2.24) is 0 Å². The molecule has 0 bridgehead atoms. The predicted molar refractivity (Wildman–Crippen MR) is 77.1 cm³/mol. The number of anilines is 3. The Labute approximate surface area is 111 Å². The lowest BCUT2D eigenvalue weighted by atomic mass is 10.2. The number of thioether (sulfide) groups is 1. The Bertz CT molecular complexity index is 540. The van der Waals surface area contributed by atoms with Crippen LogP contribution in [0, 0.1) is 5.82 Å². The fraction of sp³-hybridized carbons (Fsp3) is 0.143. The Morgan fingerprint density at radius 2 is 1.78 bits per heavy atom. The van der Waals surface area contributed by atoms with Gasteiger partial charge in [0.1, 0.15) is 5.82 Å². The second kappa shape index (κ2) is 5.31. The van der Waals surface area contributed by atoms with Gasteiger partial charge in [0.25, 0.3) is 0 Å². The van der Waals surface area contributed by atoms with Gasteiger partial charge in [-0.15, -0.1) is 11.8 Å². The van der Waals surface area contributed by atoms with Crippen LogP contribution in [0.4, 0.5) is 21.5 Å². The van der Waals surface area contributed by atoms with Gasteiger partial charge in [-0.2, -0.15) is 0 Å². The van der Waals surface area contributed by atoms with Gasteiger partial charge in [-0.3, -0.25) is 0 Å². The van der Waals surface area contributed by atoms with Crippen molar-refractivity contribution in [3.05, 3.63) is 48.3 Å². The van der Waals surface area contributed by atoms with Crippen LogP contribution in [0.2, 0.25) is 0 Å². The first kappa shape index (κ1) is 12.8. The van der Waals surface area contributed by atoms with E-state index in [1.165, 1.54) is 17.0 Å². The zero-order valence-electron chi connectivity index (χ0n) is 10.4. The highest BCUT2D eigenvalue weighted by Crippen LogP contribution is 2.30. The van der Waals surface area contributed by atoms with Crippen LogP contribution in [0.25, 0.3) is 0 Å². The van der Waals surface area contributed by atoms with E-state index in [0.29, 0.717) is 5.69 Å². The molecule has 0 heterocycles. The SMILES string of the molecule is CSc1ccc(N(C)c2ccc(F)cc2N)cc1. The fourth-order valence-electron chi connectivity index (χ4n) is 1.78. The van der Waals surface area contributed by atoms with E-state index in [1.54, 1.807) is 17.8 Å². The number of benzene rings is 2. The van der Waals surface area contributed by atoms with Crippen molar-refractivity contribution < 1.29 is 4.39 Å². The summed E-state index contributed by atoms with van der Waals surface area (Å²) in [7, 11) is 1.91. The first-order valence-corrected chi connectivity index (χ1v) is 6.77. The zero-order valence-corrected chi connectivity index (χ0v) is 11.2. The molecule has 94 valence electrons. The van der Waals surface area contributed by atoms with Gasteiger partial charge in [-0.1, -0.05) is 0 Å². The van der Waals surface area contributed by atoms with E-state index in [0.717, 1.165) is 11.4 Å². The van der Waals surface area contributed by atoms with Gasteiger partial charge in [0.2, 0.25) is 0 Å². The number of hydrogen-bond donors (Lipinski definition) is 1. The zero-order chi connectivity index (χ0) is 13.1. The van der Waals surface area contributed by atoms with E-state index in [2.05, 4.69) is 12.1 Å². The molecule has 0 aliphatic heterocycles. The third kappa shape index (κ3) is 2.59. The Morgan fingerprint density at radius 3 is 2.33 bits per heavy atom. The summed E-state index contributed by atoms with van der Waals surface area (Å²) in [4.78, 5) is 3.15. The third-order valence-electron chi connectivity index (χ3n) is 2.81. The molecule has 0 saturated carbocycles. The van der Waals surface area contributed by atoms with Crippen LogP contribution in [0.1, 0.15) is 0 Å². The highest BCUT2D eigenvalue weighted by molar-refractivity contribution is 7.98. The summed E-state index contributed by atoms with van der Waals surface area (Å²) in [5.74, 6) is -0.317. The minimum Gasteiger partial charge on any atom is -0.397 e. The molecular weight excluding hydrogens is 247 g/mol. The second-order valence-electron chi connectivity index (χ2n) is 3.96. The summed E-state index contributed by atoms with van der Waals surface area (Å²) in [6, 6.07) is 12.6. The molecule has 2 aromatic rings. The molecule has 0 saturated heterocycles. The van der Waals surface area contributed by atoms with Crippen molar-refractivity contribution in [2.24, 2.45) is 0 Å². The minimum absolute atomic E-state index is 0.317. The van der Waals surface area contributed by atoms with Gasteiger partial charge in [0.15, 0.2) is 0 Å². The lowest BCUT2D eigenvalue weighted by molar-refractivity contribution is 0.628. The highest BCUT2D eigenvalue weighted by Gasteiger charge is 2.08. The first-order valence-electron chi connectivity index (χ1n) is 5.54. The van der Waals surface area contributed by atoms with Crippen LogP contribution in [0.3, 0.4) is 0 Å². The quantitative estimate of drug-likeness (QED) is 0.672. The highest BCUT2D eigenvalue weighted by atomic mass is 32.2. The molecule has 0 radical (unpaired) electrons. The third-order valence-corrected chi connectivity index (χ3v) is 3.55. The minimum atomic E-state index is -0.317. The van der Waals surface area contributed by atoms with Gasteiger partial charge in [0, 0.05) is 17.6 Å². The van der Waals surface area contributed by atoms with E-state index in [9.17, 15) is 4.39 Å². The fourth-order valence-corrected chi connectivity index (χ4v) is 2.18. The van der Waals surface area contributed by atoms with Crippen molar-refractivity contribution in [1.29, 1.82) is 0 Å². The molecule has 0 fully saturated rings. The molecule has 2 N–H and O–H groups in total. The number of hydrogen-bond acceptors (Lipinski definition) is 3. The van der Waals surface area contributed by atoms with Gasteiger partial charge < -0.3 is 10.6 Å². The van der Waals surface area contributed by atoms with Crippen LogP contribution in [0.5, 0.6) is 0 Å². The average molecular weight is 262 g/mol. The maximum atomic E-state index is 13.0. The Kier molecular flexibility index (Phi) is 3.77. The standard InChI is InChI=1S/C14H15FN2S/c1-17(11-4-6-12(18-2)7-5-11)14-8-3-10(15)9-13(14)16/h3-9H,16H2,1-2H3. The molecule has 0 spiro atoms. The van der Waals surface area contributed by atoms with Crippen molar-refractivity contribution in [3.8, 4) is 0 Å². The Balaban J connectivity index is 2.31. The van der Waals surface area contributed by atoms with Crippen LogP contribution in [0.15, 0.2) is 47.4 Å². The van der Waals surface area contributed by atoms with Crippen LogP contribution >= 0.6 is 11.8 Å². The largest absolute Gasteiger partial charge is 0.397 e. The molecule has 4 heteroatoms. The first-order chi connectivity index (χ1) is 8.61. The average Bonchev–Trinajstić information content (AvgIpc) is 2.38. The molecule has 2 aromatic carbocycles. The number of nitrogens with two attached hydrogens (primary N) is 1. The molecule has 0 aromatic heterocycles. The number of nitrogens with zero attached hydrogens (tertiary/aromatic N) is 1. The molecular formula is C14H15FN2S. The van der Waals surface area contributed by atoms with Gasteiger partial charge in [0.05, 0.1) is 11.4 Å². The summed E-state index contributed by atoms with van der Waals surface area (Å²) < 4.78 is 13.0. The van der Waals surface area contributed by atoms with Gasteiger partial charge in [-0.25, -0.2) is 4.39 Å². The lowest BCUT2D eigenvalue weighted by Gasteiger charge is -2.21. The monoisotopic (exact) mass is 262 g/mol. The van der Waals surface area contributed by atoms with E-state index in [-0.39, 0.29) is 5.82 Å². The number of halogens is 1. The smallest absolute Gasteiger partial charge is 0.125 e. The maximum absolute atomic E-state index is 13.0. The lowest BCUT2D eigenvalue weighted by Crippen LogP contribution is -2.11. The summed E-state index contributed by atoms with van der Waals surface area (Å²) in [6.07, 6.45) is 2.04. The molecule has 0 atom stereocenters. The Hall–Kier alpha value is -1.68. The normalized spacial score (nSPS) is 10.4. The van der Waals surface area contributed by atoms with E-state index in [4.69, 9.17) is 5.73 Å². The van der Waals surface area contributed by atoms with Crippen LogP contribution in [-0.2, 0) is 0 Å². The van der Waals surface area contributed by atoms with E-state index in [1.807, 2.05) is 30.3 Å². The predicted octanol–water partition coefficient (Wildman–Crippen LogP) is 3.90. The maximum Gasteiger partial charge on any atom is 0.125 e. The molecule has 0 unspecified atom stereocenters. The summed E-state index contributed by atoms with van der Waals surface area (Å²) in [5.41, 5.74) is 8.09. The molecule has 2 rings (SSSR count). The summed E-state index contributed by atoms with van der Waals surface area (Å²) in [6.45, 7) is 0. The van der Waals surface area contributed by atoms with Gasteiger partial charge in [-0.05, 0) is 48.7 Å². The number of nitrogen functional groups attached to an aromatic ring is 1. The van der Waals surface area contributed by atoms with Crippen molar-refractivity contribution >= 4 is 28.8 Å². The van der Waals surface area contributed by atoms with E-state index < -0.39 is 0 Å². The molecule has 0 aliphatic carbocycles. The molecule has 18 heavy (non-hydrogen) atoms. The van der Waals surface area contributed by atoms with Crippen molar-refractivity contribution in [2.45, 2.75) is 4.90 Å². The van der Waals surface area contributed by atoms with E-state index >= 15 is 0 Å². The molecule has 0 amide bonds. The molecule has 2 nitrogen and oxygen atoms in total. The van der Waals surface area contributed by atoms with Crippen LogP contribution < -0.4 is 10.6 Å². The number of rotatable bonds is 3. The Morgan fingerprint density at radius 1 is 1.11 bits per heavy atom.